The average molecular weight is 312 g/mol. The molecule has 2 N–H and O–H groups in total. The van der Waals surface area contributed by atoms with E-state index in [0.29, 0.717) is 24.1 Å². The Hall–Kier alpha value is -2.44. The molecule has 0 aromatic carbocycles. The minimum absolute atomic E-state index is 0.124. The van der Waals surface area contributed by atoms with Crippen molar-refractivity contribution in [3.05, 3.63) is 35.3 Å². The molecule has 3 heterocycles. The molecular weight excluding hydrogens is 292 g/mol. The van der Waals surface area contributed by atoms with Gasteiger partial charge in [-0.1, -0.05) is 0 Å². The van der Waals surface area contributed by atoms with Crippen LogP contribution in [0.15, 0.2) is 18.2 Å². The minimum atomic E-state index is -0.124. The molecule has 1 aliphatic heterocycles. The van der Waals surface area contributed by atoms with Gasteiger partial charge in [-0.15, -0.1) is 5.10 Å². The zero-order chi connectivity index (χ0) is 15.8. The number of H-pyrrole nitrogens is 1. The number of carbonyl (C=O) groups is 1. The van der Waals surface area contributed by atoms with Crippen molar-refractivity contribution in [2.24, 2.45) is 5.92 Å². The Balaban J connectivity index is 1.24. The maximum Gasteiger partial charge on any atom is 0.271 e. The summed E-state index contributed by atoms with van der Waals surface area (Å²) < 4.78 is 0. The highest BCUT2D eigenvalue weighted by atomic mass is 16.1. The molecule has 0 radical (unpaired) electrons. The van der Waals surface area contributed by atoms with Gasteiger partial charge in [0, 0.05) is 37.2 Å². The molecule has 1 saturated carbocycles. The van der Waals surface area contributed by atoms with Crippen LogP contribution in [0.2, 0.25) is 0 Å². The number of nitrogens with zero attached hydrogens (tertiary/aromatic N) is 4. The largest absolute Gasteiger partial charge is 0.354 e. The molecule has 1 amide bonds. The Morgan fingerprint density at radius 1 is 1.35 bits per heavy atom. The fourth-order valence-corrected chi connectivity index (χ4v) is 2.85. The third-order valence-electron chi connectivity index (χ3n) is 4.44. The highest BCUT2D eigenvalue weighted by Crippen LogP contribution is 2.38. The molecule has 0 spiro atoms. The Bertz CT molecular complexity index is 700. The van der Waals surface area contributed by atoms with E-state index in [1.165, 1.54) is 12.8 Å². The standard InChI is InChI=1S/C16H20N6O/c1-10-6-14(20-18-10)16(23)17-7-11-8-22(9-11)15-5-4-13(19-21-15)12-2-3-12/h4-6,11-12H,2-3,7-9H2,1H3,(H,17,23)(H,18,20). The van der Waals surface area contributed by atoms with Crippen molar-refractivity contribution < 1.29 is 4.79 Å². The van der Waals surface area contributed by atoms with Gasteiger partial charge in [-0.2, -0.15) is 10.2 Å². The van der Waals surface area contributed by atoms with E-state index in [4.69, 9.17) is 0 Å². The maximum absolute atomic E-state index is 11.9. The Kier molecular flexibility index (Phi) is 3.48. The summed E-state index contributed by atoms with van der Waals surface area (Å²) in [6.45, 7) is 4.34. The van der Waals surface area contributed by atoms with Gasteiger partial charge < -0.3 is 10.2 Å². The molecule has 0 bridgehead atoms. The van der Waals surface area contributed by atoms with Crippen LogP contribution in [0.3, 0.4) is 0 Å². The summed E-state index contributed by atoms with van der Waals surface area (Å²) in [6, 6.07) is 5.90. The smallest absolute Gasteiger partial charge is 0.271 e. The van der Waals surface area contributed by atoms with Crippen molar-refractivity contribution in [3.63, 3.8) is 0 Å². The van der Waals surface area contributed by atoms with E-state index >= 15 is 0 Å². The third kappa shape index (κ3) is 3.04. The summed E-state index contributed by atoms with van der Waals surface area (Å²) >= 11 is 0. The van der Waals surface area contributed by atoms with Crippen molar-refractivity contribution in [2.75, 3.05) is 24.5 Å². The predicted molar refractivity (Wildman–Crippen MR) is 85.4 cm³/mol. The number of hydrogen-bond donors (Lipinski definition) is 2. The molecule has 4 rings (SSSR count). The zero-order valence-corrected chi connectivity index (χ0v) is 13.1. The van der Waals surface area contributed by atoms with E-state index in [0.717, 1.165) is 30.3 Å². The lowest BCUT2D eigenvalue weighted by Gasteiger charge is -2.39. The Labute approximate surface area is 134 Å². The highest BCUT2D eigenvalue weighted by Gasteiger charge is 2.30. The molecule has 2 aromatic heterocycles. The van der Waals surface area contributed by atoms with Crippen molar-refractivity contribution in [2.45, 2.75) is 25.7 Å². The second-order valence-electron chi connectivity index (χ2n) is 6.51. The van der Waals surface area contributed by atoms with Crippen LogP contribution in [0.25, 0.3) is 0 Å². The maximum atomic E-state index is 11.9. The molecule has 23 heavy (non-hydrogen) atoms. The second-order valence-corrected chi connectivity index (χ2v) is 6.51. The molecule has 7 heteroatoms. The number of nitrogens with one attached hydrogen (secondary N) is 2. The Morgan fingerprint density at radius 2 is 2.17 bits per heavy atom. The van der Waals surface area contributed by atoms with Crippen LogP contribution < -0.4 is 10.2 Å². The molecule has 120 valence electrons. The zero-order valence-electron chi connectivity index (χ0n) is 13.1. The summed E-state index contributed by atoms with van der Waals surface area (Å²) in [6.07, 6.45) is 2.49. The van der Waals surface area contributed by atoms with Gasteiger partial charge >= 0.3 is 0 Å². The van der Waals surface area contributed by atoms with Gasteiger partial charge in [0.25, 0.3) is 5.91 Å². The molecule has 1 saturated heterocycles. The van der Waals surface area contributed by atoms with E-state index in [-0.39, 0.29) is 5.91 Å². The van der Waals surface area contributed by atoms with Gasteiger partial charge in [0.2, 0.25) is 0 Å². The normalized spacial score (nSPS) is 17.9. The summed E-state index contributed by atoms with van der Waals surface area (Å²) in [5, 5.41) is 18.3. The molecular formula is C16H20N6O. The molecule has 7 nitrogen and oxygen atoms in total. The summed E-state index contributed by atoms with van der Waals surface area (Å²) in [7, 11) is 0. The number of aromatic nitrogens is 4. The topological polar surface area (TPSA) is 86.8 Å². The summed E-state index contributed by atoms with van der Waals surface area (Å²) in [4.78, 5) is 14.1. The van der Waals surface area contributed by atoms with Crippen molar-refractivity contribution in [3.8, 4) is 0 Å². The quantitative estimate of drug-likeness (QED) is 0.868. The third-order valence-corrected chi connectivity index (χ3v) is 4.44. The summed E-state index contributed by atoms with van der Waals surface area (Å²) in [5.74, 6) is 1.90. The van der Waals surface area contributed by atoms with Gasteiger partial charge in [-0.25, -0.2) is 0 Å². The summed E-state index contributed by atoms with van der Waals surface area (Å²) in [5.41, 5.74) is 2.45. The number of aryl methyl sites for hydroxylation is 1. The number of rotatable bonds is 5. The lowest BCUT2D eigenvalue weighted by molar-refractivity contribution is 0.0939. The molecule has 2 aromatic rings. The average Bonchev–Trinajstić information content (AvgIpc) is 3.27. The lowest BCUT2D eigenvalue weighted by atomic mass is 10.00. The first-order chi connectivity index (χ1) is 11.2. The van der Waals surface area contributed by atoms with E-state index < -0.39 is 0 Å². The molecule has 2 fully saturated rings. The van der Waals surface area contributed by atoms with Gasteiger partial charge in [-0.05, 0) is 38.0 Å². The SMILES string of the molecule is Cc1cc(C(=O)NCC2CN(c3ccc(C4CC4)nn3)C2)n[nH]1. The van der Waals surface area contributed by atoms with E-state index in [9.17, 15) is 4.79 Å². The van der Waals surface area contributed by atoms with Gasteiger partial charge in [0.05, 0.1) is 5.69 Å². The molecule has 0 atom stereocenters. The van der Waals surface area contributed by atoms with Gasteiger partial charge in [0.15, 0.2) is 5.82 Å². The van der Waals surface area contributed by atoms with Crippen LogP contribution in [0.5, 0.6) is 0 Å². The van der Waals surface area contributed by atoms with Crippen LogP contribution in [0, 0.1) is 12.8 Å². The van der Waals surface area contributed by atoms with Crippen LogP contribution in [-0.2, 0) is 0 Å². The molecule has 1 aliphatic carbocycles. The molecule has 2 aliphatic rings. The fourth-order valence-electron chi connectivity index (χ4n) is 2.85. The van der Waals surface area contributed by atoms with Gasteiger partial charge in [0.1, 0.15) is 5.69 Å². The number of carbonyl (C=O) groups excluding carboxylic acids is 1. The number of aromatic amines is 1. The van der Waals surface area contributed by atoms with E-state index in [2.05, 4.69) is 42.7 Å². The van der Waals surface area contributed by atoms with Crippen LogP contribution in [0.4, 0.5) is 5.82 Å². The first-order valence-corrected chi connectivity index (χ1v) is 8.08. The fraction of sp³-hybridized carbons (Fsp3) is 0.500. The lowest BCUT2D eigenvalue weighted by Crippen LogP contribution is -2.52. The van der Waals surface area contributed by atoms with Crippen LogP contribution >= 0.6 is 0 Å². The van der Waals surface area contributed by atoms with Crippen LogP contribution in [-0.4, -0.2) is 45.9 Å². The van der Waals surface area contributed by atoms with E-state index in [1.54, 1.807) is 6.07 Å². The van der Waals surface area contributed by atoms with Crippen molar-refractivity contribution in [1.29, 1.82) is 0 Å². The van der Waals surface area contributed by atoms with E-state index in [1.807, 2.05) is 6.92 Å². The minimum Gasteiger partial charge on any atom is -0.354 e. The van der Waals surface area contributed by atoms with Crippen molar-refractivity contribution >= 4 is 11.7 Å². The van der Waals surface area contributed by atoms with Gasteiger partial charge in [-0.3, -0.25) is 9.89 Å². The van der Waals surface area contributed by atoms with Crippen LogP contribution in [0.1, 0.15) is 40.6 Å². The number of anilines is 1. The number of hydrogen-bond acceptors (Lipinski definition) is 5. The first-order valence-electron chi connectivity index (χ1n) is 8.08. The Morgan fingerprint density at radius 3 is 2.78 bits per heavy atom. The molecule has 0 unspecified atom stereocenters. The second kappa shape index (κ2) is 5.64. The predicted octanol–water partition coefficient (Wildman–Crippen LogP) is 1.25. The monoisotopic (exact) mass is 312 g/mol. The first kappa shape index (κ1) is 14.2. The number of amides is 1. The highest BCUT2D eigenvalue weighted by molar-refractivity contribution is 5.92. The van der Waals surface area contributed by atoms with Crippen molar-refractivity contribution in [1.82, 2.24) is 25.7 Å².